The van der Waals surface area contributed by atoms with Crippen LogP contribution in [0.3, 0.4) is 0 Å². The molecule has 5 heteroatoms. The molecular formula is C16H20N4O. The number of hydrogen-bond donors (Lipinski definition) is 1. The Morgan fingerprint density at radius 1 is 1.10 bits per heavy atom. The maximum Gasteiger partial charge on any atom is 0.266 e. The Kier molecular flexibility index (Phi) is 3.25. The predicted octanol–water partition coefficient (Wildman–Crippen LogP) is 3.09. The van der Waals surface area contributed by atoms with E-state index in [2.05, 4.69) is 38.6 Å². The zero-order valence-corrected chi connectivity index (χ0v) is 12.1. The van der Waals surface area contributed by atoms with Crippen LogP contribution in [0.5, 0.6) is 0 Å². The normalized spacial score (nSPS) is 18.2. The standard InChI is InChI=1S/C16H20N4O/c1-2-10-20(11-3-1)16-18-15(21-19-16)13-6-4-8-14-12(13)7-5-9-17-14/h4,6,8,17H,1-3,5,7,9-11H2. The molecule has 3 heterocycles. The SMILES string of the molecule is c1cc2c(c(-c3nc(N4CCCCC4)no3)c1)CCCN2. The van der Waals surface area contributed by atoms with Gasteiger partial charge < -0.3 is 14.7 Å². The van der Waals surface area contributed by atoms with Gasteiger partial charge >= 0.3 is 0 Å². The summed E-state index contributed by atoms with van der Waals surface area (Å²) < 4.78 is 5.54. The quantitative estimate of drug-likeness (QED) is 0.918. The molecule has 1 fully saturated rings. The summed E-state index contributed by atoms with van der Waals surface area (Å²) in [5.41, 5.74) is 3.59. The number of anilines is 2. The fourth-order valence-electron chi connectivity index (χ4n) is 3.26. The molecule has 0 radical (unpaired) electrons. The van der Waals surface area contributed by atoms with Crippen LogP contribution in [0.4, 0.5) is 11.6 Å². The van der Waals surface area contributed by atoms with Gasteiger partial charge in [-0.05, 0) is 55.0 Å². The van der Waals surface area contributed by atoms with E-state index in [-0.39, 0.29) is 0 Å². The molecule has 1 aromatic carbocycles. The average Bonchev–Trinajstić information content (AvgIpc) is 3.05. The van der Waals surface area contributed by atoms with Gasteiger partial charge in [0.1, 0.15) is 0 Å². The van der Waals surface area contributed by atoms with Crippen molar-refractivity contribution in [2.75, 3.05) is 29.9 Å². The molecule has 0 spiro atoms. The van der Waals surface area contributed by atoms with Crippen LogP contribution >= 0.6 is 0 Å². The summed E-state index contributed by atoms with van der Waals surface area (Å²) in [5.74, 6) is 1.39. The molecule has 4 rings (SSSR count). The molecule has 1 saturated heterocycles. The first kappa shape index (κ1) is 12.7. The van der Waals surface area contributed by atoms with Gasteiger partial charge in [0.2, 0.25) is 0 Å². The minimum absolute atomic E-state index is 0.649. The Labute approximate surface area is 124 Å². The maximum absolute atomic E-state index is 5.54. The largest absolute Gasteiger partial charge is 0.385 e. The lowest BCUT2D eigenvalue weighted by Gasteiger charge is -2.24. The van der Waals surface area contributed by atoms with Gasteiger partial charge in [-0.25, -0.2) is 0 Å². The lowest BCUT2D eigenvalue weighted by atomic mass is 9.97. The fourth-order valence-corrected chi connectivity index (χ4v) is 3.26. The van der Waals surface area contributed by atoms with Crippen LogP contribution in [0.25, 0.3) is 11.5 Å². The molecule has 110 valence electrons. The molecule has 1 N–H and O–H groups in total. The second-order valence-corrected chi connectivity index (χ2v) is 5.81. The molecule has 0 atom stereocenters. The Bertz CT molecular complexity index is 631. The summed E-state index contributed by atoms with van der Waals surface area (Å²) in [7, 11) is 0. The number of piperidine rings is 1. The van der Waals surface area contributed by atoms with E-state index in [1.165, 1.54) is 30.5 Å². The summed E-state index contributed by atoms with van der Waals surface area (Å²) in [6, 6.07) is 6.26. The number of aromatic nitrogens is 2. The van der Waals surface area contributed by atoms with E-state index in [9.17, 15) is 0 Å². The monoisotopic (exact) mass is 284 g/mol. The van der Waals surface area contributed by atoms with Gasteiger partial charge in [0, 0.05) is 30.9 Å². The number of rotatable bonds is 2. The summed E-state index contributed by atoms with van der Waals surface area (Å²) in [6.45, 7) is 3.11. The summed E-state index contributed by atoms with van der Waals surface area (Å²) in [4.78, 5) is 6.86. The lowest BCUT2D eigenvalue weighted by molar-refractivity contribution is 0.426. The highest BCUT2D eigenvalue weighted by Gasteiger charge is 2.21. The third kappa shape index (κ3) is 2.37. The lowest BCUT2D eigenvalue weighted by Crippen LogP contribution is -2.30. The third-order valence-corrected chi connectivity index (χ3v) is 4.38. The van der Waals surface area contributed by atoms with Crippen molar-refractivity contribution in [3.05, 3.63) is 23.8 Å². The van der Waals surface area contributed by atoms with Crippen LogP contribution < -0.4 is 10.2 Å². The van der Waals surface area contributed by atoms with Gasteiger partial charge in [-0.3, -0.25) is 0 Å². The average molecular weight is 284 g/mol. The first-order valence-electron chi connectivity index (χ1n) is 7.86. The van der Waals surface area contributed by atoms with Gasteiger partial charge in [0.05, 0.1) is 0 Å². The summed E-state index contributed by atoms with van der Waals surface area (Å²) >= 11 is 0. The number of fused-ring (bicyclic) bond motifs is 1. The second-order valence-electron chi connectivity index (χ2n) is 5.81. The molecule has 0 unspecified atom stereocenters. The first-order valence-corrected chi connectivity index (χ1v) is 7.86. The van der Waals surface area contributed by atoms with E-state index in [0.29, 0.717) is 5.89 Å². The van der Waals surface area contributed by atoms with E-state index >= 15 is 0 Å². The first-order chi connectivity index (χ1) is 10.4. The van der Waals surface area contributed by atoms with Gasteiger partial charge in [0.25, 0.3) is 11.8 Å². The van der Waals surface area contributed by atoms with Gasteiger partial charge in [-0.2, -0.15) is 4.98 Å². The van der Waals surface area contributed by atoms with E-state index < -0.39 is 0 Å². The topological polar surface area (TPSA) is 54.2 Å². The Hall–Kier alpha value is -2.04. The van der Waals surface area contributed by atoms with Crippen molar-refractivity contribution >= 4 is 11.6 Å². The maximum atomic E-state index is 5.54. The molecule has 21 heavy (non-hydrogen) atoms. The number of hydrogen-bond acceptors (Lipinski definition) is 5. The van der Waals surface area contributed by atoms with E-state index in [4.69, 9.17) is 4.52 Å². The predicted molar refractivity (Wildman–Crippen MR) is 82.6 cm³/mol. The van der Waals surface area contributed by atoms with E-state index in [1.807, 2.05) is 0 Å². The molecular weight excluding hydrogens is 264 g/mol. The van der Waals surface area contributed by atoms with Crippen molar-refractivity contribution in [1.29, 1.82) is 0 Å². The van der Waals surface area contributed by atoms with Crippen molar-refractivity contribution in [3.63, 3.8) is 0 Å². The Morgan fingerprint density at radius 3 is 2.90 bits per heavy atom. The highest BCUT2D eigenvalue weighted by atomic mass is 16.5. The summed E-state index contributed by atoms with van der Waals surface area (Å²) in [5, 5.41) is 7.63. The molecule has 0 aliphatic carbocycles. The zero-order valence-electron chi connectivity index (χ0n) is 12.1. The van der Waals surface area contributed by atoms with Crippen LogP contribution in [0, 0.1) is 0 Å². The molecule has 0 amide bonds. The van der Waals surface area contributed by atoms with E-state index in [0.717, 1.165) is 44.0 Å². The van der Waals surface area contributed by atoms with Crippen LogP contribution in [-0.2, 0) is 6.42 Å². The Balaban J connectivity index is 1.66. The molecule has 5 nitrogen and oxygen atoms in total. The van der Waals surface area contributed by atoms with Crippen LogP contribution in [0.2, 0.25) is 0 Å². The van der Waals surface area contributed by atoms with Crippen LogP contribution in [0.15, 0.2) is 22.7 Å². The number of nitrogens with zero attached hydrogens (tertiary/aromatic N) is 3. The van der Waals surface area contributed by atoms with Crippen molar-refractivity contribution in [3.8, 4) is 11.5 Å². The van der Waals surface area contributed by atoms with Gasteiger partial charge in [-0.15, -0.1) is 0 Å². The van der Waals surface area contributed by atoms with Crippen molar-refractivity contribution in [2.24, 2.45) is 0 Å². The highest BCUT2D eigenvalue weighted by molar-refractivity contribution is 5.70. The molecule has 1 aromatic heterocycles. The second kappa shape index (κ2) is 5.39. The molecule has 2 aliphatic rings. The highest BCUT2D eigenvalue weighted by Crippen LogP contribution is 2.32. The number of nitrogens with one attached hydrogen (secondary N) is 1. The molecule has 2 aliphatic heterocycles. The zero-order chi connectivity index (χ0) is 14.1. The van der Waals surface area contributed by atoms with Crippen LogP contribution in [0.1, 0.15) is 31.2 Å². The minimum atomic E-state index is 0.649. The summed E-state index contributed by atoms with van der Waals surface area (Å²) in [6.07, 6.45) is 5.96. The van der Waals surface area contributed by atoms with E-state index in [1.54, 1.807) is 0 Å². The fraction of sp³-hybridized carbons (Fsp3) is 0.500. The minimum Gasteiger partial charge on any atom is -0.385 e. The van der Waals surface area contributed by atoms with Gasteiger partial charge in [0.15, 0.2) is 0 Å². The third-order valence-electron chi connectivity index (χ3n) is 4.38. The Morgan fingerprint density at radius 2 is 2.00 bits per heavy atom. The van der Waals surface area contributed by atoms with Crippen molar-refractivity contribution < 1.29 is 4.52 Å². The smallest absolute Gasteiger partial charge is 0.266 e. The number of benzene rings is 1. The van der Waals surface area contributed by atoms with Crippen molar-refractivity contribution in [2.45, 2.75) is 32.1 Å². The van der Waals surface area contributed by atoms with Crippen molar-refractivity contribution in [1.82, 2.24) is 10.1 Å². The molecule has 2 aromatic rings. The molecule has 0 bridgehead atoms. The van der Waals surface area contributed by atoms with Crippen LogP contribution in [-0.4, -0.2) is 29.8 Å². The molecule has 0 saturated carbocycles. The van der Waals surface area contributed by atoms with Gasteiger partial charge in [-0.1, -0.05) is 6.07 Å².